The topological polar surface area (TPSA) is 51.1 Å². The van der Waals surface area contributed by atoms with E-state index in [0.717, 1.165) is 37.6 Å². The van der Waals surface area contributed by atoms with Gasteiger partial charge in [-0.15, -0.1) is 0 Å². The van der Waals surface area contributed by atoms with E-state index < -0.39 is 0 Å². The second kappa shape index (κ2) is 7.51. The molecule has 0 bridgehead atoms. The van der Waals surface area contributed by atoms with Crippen molar-refractivity contribution in [1.29, 1.82) is 0 Å². The average molecular weight is 312 g/mol. The number of fused-ring (bicyclic) bond motifs is 1. The van der Waals surface area contributed by atoms with E-state index >= 15 is 0 Å². The Bertz CT molecular complexity index is 645. The number of aryl methyl sites for hydroxylation is 2. The lowest BCUT2D eigenvalue weighted by Crippen LogP contribution is -2.30. The highest BCUT2D eigenvalue weighted by Crippen LogP contribution is 2.28. The average Bonchev–Trinajstić information content (AvgIpc) is 2.58. The fourth-order valence-corrected chi connectivity index (χ4v) is 3.13. The van der Waals surface area contributed by atoms with Gasteiger partial charge in [-0.05, 0) is 44.2 Å². The summed E-state index contributed by atoms with van der Waals surface area (Å²) in [7, 11) is 1.74. The van der Waals surface area contributed by atoms with Gasteiger partial charge in [0.25, 0.3) is 0 Å². The van der Waals surface area contributed by atoms with Crippen LogP contribution in [0.1, 0.15) is 35.5 Å². The van der Waals surface area contributed by atoms with Crippen molar-refractivity contribution in [3.05, 3.63) is 47.2 Å². The third kappa shape index (κ3) is 3.85. The lowest BCUT2D eigenvalue weighted by Gasteiger charge is -2.28. The van der Waals surface area contributed by atoms with Crippen molar-refractivity contribution in [3.8, 4) is 0 Å². The Balaban J connectivity index is 1.94. The predicted molar refractivity (Wildman–Crippen MR) is 90.6 cm³/mol. The summed E-state index contributed by atoms with van der Waals surface area (Å²) in [6, 6.07) is 4.08. The zero-order valence-electron chi connectivity index (χ0n) is 14.0. The van der Waals surface area contributed by atoms with E-state index in [4.69, 9.17) is 9.72 Å². The van der Waals surface area contributed by atoms with Gasteiger partial charge in [0.1, 0.15) is 11.6 Å². The van der Waals surface area contributed by atoms with Crippen LogP contribution in [-0.2, 0) is 24.1 Å². The molecule has 3 rings (SSSR count). The first kappa shape index (κ1) is 15.9. The van der Waals surface area contributed by atoms with Crippen LogP contribution in [-0.4, -0.2) is 35.2 Å². The minimum Gasteiger partial charge on any atom is -0.383 e. The van der Waals surface area contributed by atoms with Crippen LogP contribution in [0.2, 0.25) is 0 Å². The van der Waals surface area contributed by atoms with E-state index in [2.05, 4.69) is 20.9 Å². The Morgan fingerprint density at radius 3 is 2.87 bits per heavy atom. The highest BCUT2D eigenvalue weighted by Gasteiger charge is 2.21. The molecule has 0 atom stereocenters. The molecule has 1 aliphatic carbocycles. The maximum Gasteiger partial charge on any atom is 0.136 e. The molecule has 5 heteroatoms. The summed E-state index contributed by atoms with van der Waals surface area (Å²) in [6.07, 6.45) is 8.30. The molecular weight excluding hydrogens is 288 g/mol. The molecule has 2 aromatic heterocycles. The van der Waals surface area contributed by atoms with Gasteiger partial charge in [-0.2, -0.15) is 0 Å². The Morgan fingerprint density at radius 2 is 2.09 bits per heavy atom. The highest BCUT2D eigenvalue weighted by molar-refractivity contribution is 5.50. The van der Waals surface area contributed by atoms with Gasteiger partial charge in [0.05, 0.1) is 6.61 Å². The quantitative estimate of drug-likeness (QED) is 0.821. The summed E-state index contributed by atoms with van der Waals surface area (Å²) in [6.45, 7) is 4.27. The molecule has 0 radical (unpaired) electrons. The van der Waals surface area contributed by atoms with Crippen LogP contribution < -0.4 is 4.90 Å². The van der Waals surface area contributed by atoms with Crippen molar-refractivity contribution in [3.63, 3.8) is 0 Å². The van der Waals surface area contributed by atoms with E-state index in [1.807, 2.05) is 19.2 Å². The zero-order chi connectivity index (χ0) is 16.1. The number of rotatable bonds is 6. The lowest BCUT2D eigenvalue weighted by atomic mass is 9.96. The van der Waals surface area contributed by atoms with Crippen molar-refractivity contribution in [2.24, 2.45) is 0 Å². The van der Waals surface area contributed by atoms with Gasteiger partial charge in [0.2, 0.25) is 0 Å². The van der Waals surface area contributed by atoms with Crippen LogP contribution in [0.15, 0.2) is 24.5 Å². The van der Waals surface area contributed by atoms with Crippen LogP contribution in [0.25, 0.3) is 0 Å². The molecule has 2 aromatic rings. The number of nitrogens with zero attached hydrogens (tertiary/aromatic N) is 4. The number of aromatic nitrogens is 3. The summed E-state index contributed by atoms with van der Waals surface area (Å²) in [5.41, 5.74) is 3.73. The molecule has 5 nitrogen and oxygen atoms in total. The third-order valence-electron chi connectivity index (χ3n) is 4.23. The molecule has 0 aromatic carbocycles. The second-order valence-corrected chi connectivity index (χ2v) is 6.00. The number of ether oxygens (including phenoxy) is 1. The summed E-state index contributed by atoms with van der Waals surface area (Å²) in [5, 5.41) is 0. The summed E-state index contributed by atoms with van der Waals surface area (Å²) in [5.74, 6) is 1.93. The highest BCUT2D eigenvalue weighted by atomic mass is 16.5. The number of methoxy groups -OCH3 is 1. The molecule has 0 aliphatic heterocycles. The Kier molecular flexibility index (Phi) is 5.18. The molecule has 0 spiro atoms. The molecule has 122 valence electrons. The molecule has 2 heterocycles. The number of pyridine rings is 1. The van der Waals surface area contributed by atoms with Crippen LogP contribution in [0, 0.1) is 6.92 Å². The lowest BCUT2D eigenvalue weighted by molar-refractivity contribution is 0.204. The predicted octanol–water partition coefficient (Wildman–Crippen LogP) is 2.71. The fraction of sp³-hybridized carbons (Fsp3) is 0.500. The van der Waals surface area contributed by atoms with Crippen molar-refractivity contribution in [2.75, 3.05) is 25.2 Å². The fourth-order valence-electron chi connectivity index (χ4n) is 3.13. The molecule has 1 aliphatic rings. The van der Waals surface area contributed by atoms with Crippen LogP contribution in [0.3, 0.4) is 0 Å². The number of hydrogen-bond donors (Lipinski definition) is 0. The van der Waals surface area contributed by atoms with Crippen LogP contribution in [0.5, 0.6) is 0 Å². The first-order valence-corrected chi connectivity index (χ1v) is 8.27. The van der Waals surface area contributed by atoms with Crippen molar-refractivity contribution >= 4 is 5.82 Å². The smallest absolute Gasteiger partial charge is 0.136 e. The van der Waals surface area contributed by atoms with Crippen LogP contribution in [0.4, 0.5) is 5.82 Å². The first-order chi connectivity index (χ1) is 11.3. The molecule has 0 amide bonds. The molecule has 0 fully saturated rings. The maximum absolute atomic E-state index is 5.31. The Labute approximate surface area is 137 Å². The first-order valence-electron chi connectivity index (χ1n) is 8.27. The van der Waals surface area contributed by atoms with E-state index in [9.17, 15) is 0 Å². The molecule has 23 heavy (non-hydrogen) atoms. The van der Waals surface area contributed by atoms with Crippen LogP contribution >= 0.6 is 0 Å². The minimum atomic E-state index is 0.679. The zero-order valence-corrected chi connectivity index (χ0v) is 14.0. The SMILES string of the molecule is COCCN(Cc1cccnc1)c1nc(C)nc2c1CCCC2. The standard InChI is InChI=1S/C18H24N4O/c1-14-20-17-8-4-3-7-16(17)18(21-14)22(10-11-23-2)13-15-6-5-9-19-12-15/h5-6,9,12H,3-4,7-8,10-11,13H2,1-2H3. The van der Waals surface area contributed by atoms with Gasteiger partial charge >= 0.3 is 0 Å². The molecule has 0 N–H and O–H groups in total. The summed E-state index contributed by atoms with van der Waals surface area (Å²) < 4.78 is 5.31. The normalized spacial score (nSPS) is 13.7. The molecular formula is C18H24N4O. The monoisotopic (exact) mass is 312 g/mol. The van der Waals surface area contributed by atoms with E-state index in [-0.39, 0.29) is 0 Å². The Morgan fingerprint density at radius 1 is 1.22 bits per heavy atom. The summed E-state index contributed by atoms with van der Waals surface area (Å²) in [4.78, 5) is 16.0. The third-order valence-corrected chi connectivity index (χ3v) is 4.23. The van der Waals surface area contributed by atoms with E-state index in [1.54, 1.807) is 13.3 Å². The van der Waals surface area contributed by atoms with Crippen molar-refractivity contribution < 1.29 is 4.74 Å². The molecule has 0 unspecified atom stereocenters. The van der Waals surface area contributed by atoms with E-state index in [0.29, 0.717) is 6.61 Å². The van der Waals surface area contributed by atoms with Gasteiger partial charge in [0.15, 0.2) is 0 Å². The van der Waals surface area contributed by atoms with Gasteiger partial charge in [-0.3, -0.25) is 4.98 Å². The number of hydrogen-bond acceptors (Lipinski definition) is 5. The van der Waals surface area contributed by atoms with Gasteiger partial charge < -0.3 is 9.64 Å². The largest absolute Gasteiger partial charge is 0.383 e. The van der Waals surface area contributed by atoms with E-state index in [1.165, 1.54) is 29.7 Å². The summed E-state index contributed by atoms with van der Waals surface area (Å²) >= 11 is 0. The Hall–Kier alpha value is -2.01. The van der Waals surface area contributed by atoms with Gasteiger partial charge in [-0.1, -0.05) is 6.07 Å². The van der Waals surface area contributed by atoms with Gasteiger partial charge in [-0.25, -0.2) is 9.97 Å². The van der Waals surface area contributed by atoms with Crippen molar-refractivity contribution in [1.82, 2.24) is 15.0 Å². The maximum atomic E-state index is 5.31. The molecule has 0 saturated carbocycles. The minimum absolute atomic E-state index is 0.679. The van der Waals surface area contributed by atoms with Crippen molar-refractivity contribution in [2.45, 2.75) is 39.2 Å². The second-order valence-electron chi connectivity index (χ2n) is 6.00. The number of anilines is 1. The molecule has 0 saturated heterocycles. The van der Waals surface area contributed by atoms with Gasteiger partial charge in [0, 0.05) is 43.9 Å².